The molecule has 2 N–H and O–H groups in total. The molecule has 1 rings (SSSR count). The van der Waals surface area contributed by atoms with Gasteiger partial charge in [0.05, 0.1) is 14.2 Å². The molecule has 4 nitrogen and oxygen atoms in total. The van der Waals surface area contributed by atoms with Gasteiger partial charge in [-0.05, 0) is 20.3 Å². The van der Waals surface area contributed by atoms with Crippen molar-refractivity contribution >= 4 is 0 Å². The third-order valence-electron chi connectivity index (χ3n) is 2.70. The lowest BCUT2D eigenvalue weighted by Gasteiger charge is -2.16. The average molecular weight is 238 g/mol. The maximum absolute atomic E-state index is 10.1. The summed E-state index contributed by atoms with van der Waals surface area (Å²) in [4.78, 5) is 0. The Hall–Kier alpha value is -1.84. The molecule has 0 aliphatic carbocycles. The molecule has 0 unspecified atom stereocenters. The molecule has 0 saturated carbocycles. The van der Waals surface area contributed by atoms with E-state index in [0.29, 0.717) is 17.5 Å². The van der Waals surface area contributed by atoms with Crippen molar-refractivity contribution in [3.8, 4) is 23.0 Å². The summed E-state index contributed by atoms with van der Waals surface area (Å²) in [6, 6.07) is 0. The summed E-state index contributed by atoms with van der Waals surface area (Å²) in [7, 11) is 2.84. The summed E-state index contributed by atoms with van der Waals surface area (Å²) in [6.07, 6.45) is 4.31. The second kappa shape index (κ2) is 5.48. The van der Waals surface area contributed by atoms with Crippen molar-refractivity contribution < 1.29 is 19.7 Å². The minimum atomic E-state index is 0.00153. The van der Waals surface area contributed by atoms with Crippen molar-refractivity contribution in [1.29, 1.82) is 0 Å². The lowest BCUT2D eigenvalue weighted by atomic mass is 10.0. The first kappa shape index (κ1) is 13.2. The molecule has 0 amide bonds. The highest BCUT2D eigenvalue weighted by atomic mass is 16.5. The normalized spacial score (nSPS) is 10.8. The van der Waals surface area contributed by atoms with Crippen molar-refractivity contribution in [2.75, 3.05) is 14.2 Å². The fraction of sp³-hybridized carbons (Fsp3) is 0.385. The number of hydrogen-bond acceptors (Lipinski definition) is 4. The number of benzene rings is 1. The highest BCUT2D eigenvalue weighted by molar-refractivity contribution is 5.66. The van der Waals surface area contributed by atoms with E-state index >= 15 is 0 Å². The van der Waals surface area contributed by atoms with Crippen LogP contribution in [0.3, 0.4) is 0 Å². The van der Waals surface area contributed by atoms with Gasteiger partial charge in [-0.2, -0.15) is 0 Å². The van der Waals surface area contributed by atoms with Gasteiger partial charge in [0.1, 0.15) is 0 Å². The first-order valence-corrected chi connectivity index (χ1v) is 5.34. The van der Waals surface area contributed by atoms with E-state index in [1.54, 1.807) is 6.92 Å². The quantitative estimate of drug-likeness (QED) is 0.625. The van der Waals surface area contributed by atoms with Gasteiger partial charge in [-0.15, -0.1) is 0 Å². The molecule has 0 atom stereocenters. The van der Waals surface area contributed by atoms with Crippen LogP contribution in [-0.2, 0) is 6.42 Å². The van der Waals surface area contributed by atoms with Crippen LogP contribution in [0.4, 0.5) is 0 Å². The Morgan fingerprint density at radius 2 is 1.59 bits per heavy atom. The monoisotopic (exact) mass is 238 g/mol. The molecule has 94 valence electrons. The van der Waals surface area contributed by atoms with Gasteiger partial charge in [0.25, 0.3) is 0 Å². The zero-order valence-corrected chi connectivity index (χ0v) is 10.6. The summed E-state index contributed by atoms with van der Waals surface area (Å²) < 4.78 is 10.1. The van der Waals surface area contributed by atoms with E-state index in [1.165, 1.54) is 14.2 Å². The molecule has 1 aromatic carbocycles. The highest BCUT2D eigenvalue weighted by Crippen LogP contribution is 2.48. The van der Waals surface area contributed by atoms with E-state index in [9.17, 15) is 10.2 Å². The lowest BCUT2D eigenvalue weighted by Crippen LogP contribution is -1.98. The number of rotatable bonds is 4. The molecule has 0 aromatic heterocycles. The standard InChI is InChI=1S/C13H18O4/c1-5-6-7-9-8(2)10(14)12(16-3)13(17-4)11(9)15/h5-6,14-15H,7H2,1-4H3/b6-5-. The van der Waals surface area contributed by atoms with E-state index in [4.69, 9.17) is 9.47 Å². The largest absolute Gasteiger partial charge is 0.504 e. The van der Waals surface area contributed by atoms with Crippen LogP contribution in [0.1, 0.15) is 18.1 Å². The maximum Gasteiger partial charge on any atom is 0.207 e. The fourth-order valence-electron chi connectivity index (χ4n) is 1.71. The molecule has 17 heavy (non-hydrogen) atoms. The van der Waals surface area contributed by atoms with Gasteiger partial charge in [0.15, 0.2) is 11.5 Å². The predicted octanol–water partition coefficient (Wildman–Crippen LogP) is 2.54. The topological polar surface area (TPSA) is 58.9 Å². The minimum absolute atomic E-state index is 0.00153. The van der Waals surface area contributed by atoms with Crippen LogP contribution in [-0.4, -0.2) is 24.4 Å². The molecule has 1 aromatic rings. The lowest BCUT2D eigenvalue weighted by molar-refractivity contribution is 0.314. The van der Waals surface area contributed by atoms with Crippen LogP contribution in [0.15, 0.2) is 12.2 Å². The third-order valence-corrected chi connectivity index (χ3v) is 2.70. The van der Waals surface area contributed by atoms with Crippen molar-refractivity contribution in [2.45, 2.75) is 20.3 Å². The average Bonchev–Trinajstić information content (AvgIpc) is 2.33. The smallest absolute Gasteiger partial charge is 0.207 e. The Balaban J connectivity index is 3.46. The summed E-state index contributed by atoms with van der Waals surface area (Å²) >= 11 is 0. The zero-order chi connectivity index (χ0) is 13.0. The van der Waals surface area contributed by atoms with Gasteiger partial charge in [-0.3, -0.25) is 0 Å². The van der Waals surface area contributed by atoms with Crippen LogP contribution in [0.2, 0.25) is 0 Å². The van der Waals surface area contributed by atoms with Crippen LogP contribution < -0.4 is 9.47 Å². The third kappa shape index (κ3) is 2.30. The first-order valence-electron chi connectivity index (χ1n) is 5.34. The summed E-state index contributed by atoms with van der Waals surface area (Å²) in [5.41, 5.74) is 1.23. The number of methoxy groups -OCH3 is 2. The maximum atomic E-state index is 10.1. The Morgan fingerprint density at radius 1 is 1.06 bits per heavy atom. The van der Waals surface area contributed by atoms with Gasteiger partial charge < -0.3 is 19.7 Å². The second-order valence-electron chi connectivity index (χ2n) is 3.64. The number of ether oxygens (including phenoxy) is 2. The van der Waals surface area contributed by atoms with Crippen LogP contribution >= 0.6 is 0 Å². The Morgan fingerprint density at radius 3 is 2.06 bits per heavy atom. The molecular formula is C13H18O4. The van der Waals surface area contributed by atoms with Crippen LogP contribution in [0.5, 0.6) is 23.0 Å². The molecular weight excluding hydrogens is 220 g/mol. The van der Waals surface area contributed by atoms with Crippen LogP contribution in [0.25, 0.3) is 0 Å². The van der Waals surface area contributed by atoms with Gasteiger partial charge in [0, 0.05) is 11.1 Å². The van der Waals surface area contributed by atoms with E-state index in [2.05, 4.69) is 0 Å². The Bertz CT molecular complexity index is 436. The molecule has 0 aliphatic rings. The fourth-order valence-corrected chi connectivity index (χ4v) is 1.71. The summed E-state index contributed by atoms with van der Waals surface area (Å²) in [5, 5.41) is 20.1. The van der Waals surface area contributed by atoms with Gasteiger partial charge >= 0.3 is 0 Å². The first-order chi connectivity index (χ1) is 8.08. The molecule has 0 radical (unpaired) electrons. The molecule has 0 saturated heterocycles. The van der Waals surface area contributed by atoms with E-state index in [1.807, 2.05) is 19.1 Å². The molecule has 0 aliphatic heterocycles. The van der Waals surface area contributed by atoms with E-state index < -0.39 is 0 Å². The number of aromatic hydroxyl groups is 2. The minimum Gasteiger partial charge on any atom is -0.504 e. The van der Waals surface area contributed by atoms with Gasteiger partial charge in [-0.1, -0.05) is 12.2 Å². The summed E-state index contributed by atoms with van der Waals surface area (Å²) in [5.74, 6) is 0.334. The van der Waals surface area contributed by atoms with Crippen molar-refractivity contribution in [2.24, 2.45) is 0 Å². The Kier molecular flexibility index (Phi) is 4.26. The van der Waals surface area contributed by atoms with Crippen molar-refractivity contribution in [3.05, 3.63) is 23.3 Å². The van der Waals surface area contributed by atoms with E-state index in [0.717, 1.165) is 0 Å². The van der Waals surface area contributed by atoms with Crippen molar-refractivity contribution in [3.63, 3.8) is 0 Å². The number of allylic oxidation sites excluding steroid dienone is 2. The molecule has 0 heterocycles. The predicted molar refractivity (Wildman–Crippen MR) is 66.1 cm³/mol. The number of phenols is 2. The second-order valence-corrected chi connectivity index (χ2v) is 3.64. The molecule has 4 heteroatoms. The highest BCUT2D eigenvalue weighted by Gasteiger charge is 2.22. The van der Waals surface area contributed by atoms with Crippen LogP contribution in [0, 0.1) is 6.92 Å². The zero-order valence-electron chi connectivity index (χ0n) is 10.6. The van der Waals surface area contributed by atoms with Gasteiger partial charge in [0.2, 0.25) is 11.5 Å². The van der Waals surface area contributed by atoms with Crippen molar-refractivity contribution in [1.82, 2.24) is 0 Å². The SMILES string of the molecule is C/C=C\Cc1c(C)c(O)c(OC)c(OC)c1O. The molecule has 0 fully saturated rings. The number of phenolic OH excluding ortho intramolecular Hbond substituents is 2. The molecule has 0 spiro atoms. The summed E-state index contributed by atoms with van der Waals surface area (Å²) in [6.45, 7) is 3.63. The van der Waals surface area contributed by atoms with Gasteiger partial charge in [-0.25, -0.2) is 0 Å². The molecule has 0 bridgehead atoms. The number of hydrogen-bond donors (Lipinski definition) is 2. The Labute approximate surface area is 101 Å². The van der Waals surface area contributed by atoms with E-state index in [-0.39, 0.29) is 23.0 Å².